The van der Waals surface area contributed by atoms with Gasteiger partial charge in [-0.15, -0.1) is 0 Å². The largest absolute Gasteiger partial charge is 0.494 e. The highest BCUT2D eigenvalue weighted by Crippen LogP contribution is 2.39. The number of hydrogen-bond acceptors (Lipinski definition) is 6. The van der Waals surface area contributed by atoms with Crippen molar-refractivity contribution in [2.75, 3.05) is 19.7 Å². The van der Waals surface area contributed by atoms with E-state index in [1.165, 1.54) is 6.26 Å². The maximum Gasteiger partial charge on any atom is 0.276 e. The molecule has 4 aliphatic heterocycles. The number of rotatable bonds is 1. The normalized spacial score (nSPS) is 17.5. The van der Waals surface area contributed by atoms with Gasteiger partial charge in [-0.1, -0.05) is 35.5 Å². The first kappa shape index (κ1) is 24.7. The second kappa shape index (κ2) is 11.0. The highest BCUT2D eigenvalue weighted by molar-refractivity contribution is 5.93. The van der Waals surface area contributed by atoms with Gasteiger partial charge in [-0.2, -0.15) is 0 Å². The average molecular weight is 524 g/mol. The number of aryl methyl sites for hydroxylation is 1. The molecule has 4 aliphatic rings. The number of carbonyl (C=O) groups is 2. The van der Waals surface area contributed by atoms with E-state index in [9.17, 15) is 9.59 Å². The number of benzene rings is 3. The highest BCUT2D eigenvalue weighted by atomic mass is 16.5. The smallest absolute Gasteiger partial charge is 0.276 e. The Bertz CT molecular complexity index is 1470. The molecule has 1 aromatic heterocycles. The van der Waals surface area contributed by atoms with Crippen LogP contribution in [0.2, 0.25) is 0 Å². The van der Waals surface area contributed by atoms with E-state index in [0.717, 1.165) is 33.8 Å². The fourth-order valence-electron chi connectivity index (χ4n) is 5.19. The van der Waals surface area contributed by atoms with Crippen molar-refractivity contribution < 1.29 is 23.6 Å². The Morgan fingerprint density at radius 1 is 0.923 bits per heavy atom. The molecule has 0 fully saturated rings. The minimum atomic E-state index is -0.330. The van der Waals surface area contributed by atoms with Gasteiger partial charge in [-0.3, -0.25) is 9.59 Å². The first-order valence-corrected chi connectivity index (χ1v) is 13.2. The van der Waals surface area contributed by atoms with Gasteiger partial charge >= 0.3 is 0 Å². The van der Waals surface area contributed by atoms with Crippen LogP contribution < -0.4 is 14.8 Å². The fourth-order valence-corrected chi connectivity index (χ4v) is 5.19. The number of ether oxygens (including phenoxy) is 2. The van der Waals surface area contributed by atoms with E-state index in [-0.39, 0.29) is 23.6 Å². The SMILES string of the molecule is O=C1CCc2ccc(cc2)Oc2ccc3c(c2)CCN(C(=O)c2ccon2)C3c2cccc(c2)OCCCN1. The number of nitrogens with one attached hydrogen (secondary N) is 1. The van der Waals surface area contributed by atoms with Gasteiger partial charge < -0.3 is 24.2 Å². The summed E-state index contributed by atoms with van der Waals surface area (Å²) in [5.41, 5.74) is 4.45. The van der Waals surface area contributed by atoms with Crippen LogP contribution in [0.4, 0.5) is 0 Å². The minimum Gasteiger partial charge on any atom is -0.494 e. The molecule has 0 saturated carbocycles. The zero-order valence-corrected chi connectivity index (χ0v) is 21.5. The van der Waals surface area contributed by atoms with Crippen molar-refractivity contribution in [3.63, 3.8) is 0 Å². The monoisotopic (exact) mass is 523 g/mol. The lowest BCUT2D eigenvalue weighted by Crippen LogP contribution is -2.40. The molecule has 1 atom stereocenters. The Balaban J connectivity index is 1.37. The van der Waals surface area contributed by atoms with E-state index in [0.29, 0.717) is 51.1 Å². The van der Waals surface area contributed by atoms with Crippen molar-refractivity contribution in [3.8, 4) is 17.2 Å². The third-order valence-corrected chi connectivity index (χ3v) is 7.15. The lowest BCUT2D eigenvalue weighted by Gasteiger charge is -2.37. The number of amides is 2. The third kappa shape index (κ3) is 5.50. The summed E-state index contributed by atoms with van der Waals surface area (Å²) in [4.78, 5) is 27.6. The molecule has 4 aromatic rings. The van der Waals surface area contributed by atoms with Crippen LogP contribution >= 0.6 is 0 Å². The molecular formula is C31H29N3O5. The molecule has 8 heteroatoms. The van der Waals surface area contributed by atoms with Crippen LogP contribution in [0.25, 0.3) is 0 Å². The molecule has 0 radical (unpaired) electrons. The fraction of sp³-hybridized carbons (Fsp3) is 0.258. The van der Waals surface area contributed by atoms with E-state index >= 15 is 0 Å². The maximum atomic E-state index is 13.5. The molecular weight excluding hydrogens is 494 g/mol. The van der Waals surface area contributed by atoms with E-state index in [2.05, 4.69) is 16.5 Å². The van der Waals surface area contributed by atoms with Crippen molar-refractivity contribution in [2.24, 2.45) is 0 Å². The van der Waals surface area contributed by atoms with Gasteiger partial charge in [0.2, 0.25) is 5.91 Å². The van der Waals surface area contributed by atoms with Gasteiger partial charge in [0, 0.05) is 25.6 Å². The Morgan fingerprint density at radius 2 is 1.79 bits per heavy atom. The van der Waals surface area contributed by atoms with Crippen LogP contribution in [0.5, 0.6) is 17.2 Å². The lowest BCUT2D eigenvalue weighted by atomic mass is 9.87. The summed E-state index contributed by atoms with van der Waals surface area (Å²) in [5, 5.41) is 6.86. The van der Waals surface area contributed by atoms with Crippen molar-refractivity contribution in [1.29, 1.82) is 0 Å². The van der Waals surface area contributed by atoms with Gasteiger partial charge in [0.15, 0.2) is 5.69 Å². The maximum absolute atomic E-state index is 13.5. The highest BCUT2D eigenvalue weighted by Gasteiger charge is 2.34. The lowest BCUT2D eigenvalue weighted by molar-refractivity contribution is -0.121. The molecule has 8 bridgehead atoms. The van der Waals surface area contributed by atoms with Crippen LogP contribution in [0, 0.1) is 0 Å². The summed E-state index contributed by atoms with van der Waals surface area (Å²) >= 11 is 0. The molecule has 0 aliphatic carbocycles. The van der Waals surface area contributed by atoms with Crippen LogP contribution in [0.1, 0.15) is 51.6 Å². The average Bonchev–Trinajstić information content (AvgIpc) is 3.51. The van der Waals surface area contributed by atoms with E-state index in [4.69, 9.17) is 14.0 Å². The summed E-state index contributed by atoms with van der Waals surface area (Å²) in [6.07, 6.45) is 3.88. The Kier molecular flexibility index (Phi) is 6.99. The van der Waals surface area contributed by atoms with Crippen LogP contribution in [-0.4, -0.2) is 41.6 Å². The molecule has 0 saturated heterocycles. The predicted molar refractivity (Wildman–Crippen MR) is 144 cm³/mol. The van der Waals surface area contributed by atoms with E-state index < -0.39 is 0 Å². The van der Waals surface area contributed by atoms with Crippen molar-refractivity contribution >= 4 is 11.8 Å². The summed E-state index contributed by atoms with van der Waals surface area (Å²) in [6, 6.07) is 23.0. The molecule has 2 amide bonds. The van der Waals surface area contributed by atoms with Crippen LogP contribution in [0.15, 0.2) is 83.6 Å². The van der Waals surface area contributed by atoms with E-state index in [1.54, 1.807) is 6.07 Å². The third-order valence-electron chi connectivity index (χ3n) is 7.15. The molecule has 5 heterocycles. The second-order valence-corrected chi connectivity index (χ2v) is 9.77. The molecule has 198 valence electrons. The summed E-state index contributed by atoms with van der Waals surface area (Å²) in [7, 11) is 0. The first-order valence-electron chi connectivity index (χ1n) is 13.2. The van der Waals surface area contributed by atoms with Gasteiger partial charge in [0.05, 0.1) is 12.6 Å². The number of nitrogens with zero attached hydrogens (tertiary/aromatic N) is 2. The van der Waals surface area contributed by atoms with Crippen LogP contribution in [-0.2, 0) is 17.6 Å². The van der Waals surface area contributed by atoms with Gasteiger partial charge in [0.1, 0.15) is 23.5 Å². The number of hydrogen-bond donors (Lipinski definition) is 1. The number of aromatic nitrogens is 1. The van der Waals surface area contributed by atoms with Crippen LogP contribution in [0.3, 0.4) is 0 Å². The predicted octanol–water partition coefficient (Wildman–Crippen LogP) is 5.09. The number of fused-ring (bicyclic) bond motifs is 1. The summed E-state index contributed by atoms with van der Waals surface area (Å²) in [5.74, 6) is 2.02. The Hall–Kier alpha value is -4.59. The molecule has 0 spiro atoms. The molecule has 1 unspecified atom stereocenters. The zero-order valence-electron chi connectivity index (χ0n) is 21.5. The minimum absolute atomic E-state index is 0.0219. The van der Waals surface area contributed by atoms with Crippen molar-refractivity contribution in [1.82, 2.24) is 15.4 Å². The standard InChI is InChI=1S/C31H29N3O5/c35-29-12-7-21-5-8-24(9-6-21)39-26-10-11-27-22(19-26)13-16-34(31(36)28-14-18-38-33-28)30(27)23-3-1-4-25(20-23)37-17-2-15-32-29/h1,3-6,8-11,14,18-20,30H,2,7,12-13,15-17H2,(H,32,35). The second-order valence-electron chi connectivity index (χ2n) is 9.77. The van der Waals surface area contributed by atoms with E-state index in [1.807, 2.05) is 65.6 Å². The summed E-state index contributed by atoms with van der Waals surface area (Å²) < 4.78 is 17.2. The zero-order chi connectivity index (χ0) is 26.6. The van der Waals surface area contributed by atoms with Gasteiger partial charge in [0.25, 0.3) is 5.91 Å². The Labute approximate surface area is 226 Å². The quantitative estimate of drug-likeness (QED) is 0.374. The Morgan fingerprint density at radius 3 is 2.64 bits per heavy atom. The van der Waals surface area contributed by atoms with Crippen molar-refractivity contribution in [3.05, 3.63) is 107 Å². The van der Waals surface area contributed by atoms with Crippen molar-refractivity contribution in [2.45, 2.75) is 31.7 Å². The molecule has 39 heavy (non-hydrogen) atoms. The topological polar surface area (TPSA) is 93.9 Å². The molecule has 8 nitrogen and oxygen atoms in total. The first-order chi connectivity index (χ1) is 19.1. The van der Waals surface area contributed by atoms with Gasteiger partial charge in [-0.25, -0.2) is 0 Å². The molecule has 3 aromatic carbocycles. The molecule has 8 rings (SSSR count). The molecule has 1 N–H and O–H groups in total. The van der Waals surface area contributed by atoms with Gasteiger partial charge in [-0.05, 0) is 77.9 Å². The number of carbonyl (C=O) groups excluding carboxylic acids is 2. The summed E-state index contributed by atoms with van der Waals surface area (Å²) in [6.45, 7) is 1.53.